The van der Waals surface area contributed by atoms with Gasteiger partial charge in [-0.05, 0) is 48.6 Å². The number of anilines is 3. The largest absolute Gasteiger partial charge is 0.478 e. The van der Waals surface area contributed by atoms with E-state index in [1.54, 1.807) is 18.2 Å². The third-order valence-electron chi connectivity index (χ3n) is 2.78. The van der Waals surface area contributed by atoms with Crippen LogP contribution in [0.4, 0.5) is 17.1 Å². The zero-order chi connectivity index (χ0) is 16.7. The van der Waals surface area contributed by atoms with Gasteiger partial charge < -0.3 is 20.7 Å². The molecule has 5 nitrogen and oxygen atoms in total. The Morgan fingerprint density at radius 3 is 2.26 bits per heavy atom. The number of nitrogens with one attached hydrogen (secondary N) is 3. The van der Waals surface area contributed by atoms with Gasteiger partial charge >= 0.3 is 0 Å². The van der Waals surface area contributed by atoms with E-state index in [9.17, 15) is 4.79 Å². The summed E-state index contributed by atoms with van der Waals surface area (Å²) >= 11 is 10.8. The van der Waals surface area contributed by atoms with Crippen molar-refractivity contribution in [2.24, 2.45) is 0 Å². The quantitative estimate of drug-likeness (QED) is 0.562. The Kier molecular flexibility index (Phi) is 6.19. The molecule has 2 aromatic carbocycles. The van der Waals surface area contributed by atoms with Crippen molar-refractivity contribution in [3.8, 4) is 5.75 Å². The van der Waals surface area contributed by atoms with Crippen LogP contribution in [0.15, 0.2) is 48.5 Å². The van der Waals surface area contributed by atoms with Gasteiger partial charge in [0, 0.05) is 30.1 Å². The van der Waals surface area contributed by atoms with Crippen LogP contribution in [0.3, 0.4) is 0 Å². The van der Waals surface area contributed by atoms with E-state index in [2.05, 4.69) is 16.0 Å². The van der Waals surface area contributed by atoms with Crippen molar-refractivity contribution in [2.45, 2.75) is 6.92 Å². The average Bonchev–Trinajstić information content (AvgIpc) is 2.49. The number of halogens is 1. The van der Waals surface area contributed by atoms with Crippen LogP contribution in [-0.4, -0.2) is 17.1 Å². The number of ether oxygens (including phenoxy) is 1. The van der Waals surface area contributed by atoms with Crippen molar-refractivity contribution in [1.82, 2.24) is 0 Å². The molecule has 3 N–H and O–H groups in total. The molecule has 120 valence electrons. The second-order valence-corrected chi connectivity index (χ2v) is 5.25. The Hall–Kier alpha value is -2.31. The van der Waals surface area contributed by atoms with Crippen LogP contribution in [0.2, 0.25) is 0 Å². The van der Waals surface area contributed by atoms with Crippen LogP contribution < -0.4 is 20.7 Å². The lowest BCUT2D eigenvalue weighted by atomic mass is 10.3. The van der Waals surface area contributed by atoms with E-state index in [-0.39, 0.29) is 12.0 Å². The molecule has 0 atom stereocenters. The maximum Gasteiger partial charge on any atom is 0.221 e. The third-order valence-corrected chi connectivity index (χ3v) is 3.09. The lowest BCUT2D eigenvalue weighted by Crippen LogP contribution is -2.19. The van der Waals surface area contributed by atoms with Gasteiger partial charge in [0.25, 0.3) is 0 Å². The SMILES string of the molecule is CC(=O)Nc1ccc(NC(=S)Nc2cccc(OCCl)c2)cc1. The maximum absolute atomic E-state index is 11.0. The highest BCUT2D eigenvalue weighted by Crippen LogP contribution is 2.18. The summed E-state index contributed by atoms with van der Waals surface area (Å²) in [6.07, 6.45) is 0. The van der Waals surface area contributed by atoms with Crippen molar-refractivity contribution >= 4 is 51.9 Å². The van der Waals surface area contributed by atoms with Crippen LogP contribution in [0.5, 0.6) is 5.75 Å². The van der Waals surface area contributed by atoms with Gasteiger partial charge in [0.05, 0.1) is 0 Å². The summed E-state index contributed by atoms with van der Waals surface area (Å²) in [5.41, 5.74) is 2.33. The number of alkyl halides is 1. The molecule has 2 aromatic rings. The number of hydrogen-bond donors (Lipinski definition) is 3. The Morgan fingerprint density at radius 2 is 1.65 bits per heavy atom. The van der Waals surface area contributed by atoms with Gasteiger partial charge in [-0.1, -0.05) is 17.7 Å². The average molecular weight is 350 g/mol. The van der Waals surface area contributed by atoms with Gasteiger partial charge in [-0.15, -0.1) is 0 Å². The van der Waals surface area contributed by atoms with Crippen LogP contribution >= 0.6 is 23.8 Å². The zero-order valence-electron chi connectivity index (χ0n) is 12.4. The first-order valence-corrected chi connectivity index (χ1v) is 7.75. The lowest BCUT2D eigenvalue weighted by molar-refractivity contribution is -0.114. The lowest BCUT2D eigenvalue weighted by Gasteiger charge is -2.12. The molecule has 7 heteroatoms. The van der Waals surface area contributed by atoms with Crippen LogP contribution in [-0.2, 0) is 4.79 Å². The number of thiocarbonyl (C=S) groups is 1. The topological polar surface area (TPSA) is 62.4 Å². The number of benzene rings is 2. The number of carbonyl (C=O) groups is 1. The third kappa shape index (κ3) is 5.77. The van der Waals surface area contributed by atoms with Crippen molar-refractivity contribution in [3.63, 3.8) is 0 Å². The molecule has 0 aliphatic rings. The second-order valence-electron chi connectivity index (χ2n) is 4.62. The molecular weight excluding hydrogens is 334 g/mol. The second kappa shape index (κ2) is 8.36. The number of amides is 1. The standard InChI is InChI=1S/C16H16ClN3O2S/c1-11(21)18-12-5-7-13(8-6-12)19-16(23)20-14-3-2-4-15(9-14)22-10-17/h2-9H,10H2,1H3,(H,18,21)(H2,19,20,23). The first-order chi connectivity index (χ1) is 11.1. The first kappa shape index (κ1) is 17.1. The van der Waals surface area contributed by atoms with E-state index in [1.807, 2.05) is 30.3 Å². The predicted octanol–water partition coefficient (Wildman–Crippen LogP) is 4.03. The molecule has 0 unspecified atom stereocenters. The summed E-state index contributed by atoms with van der Waals surface area (Å²) in [6, 6.07) is 14.7. The Labute approximate surface area is 145 Å². The van der Waals surface area contributed by atoms with Crippen LogP contribution in [0.1, 0.15) is 6.92 Å². The molecule has 0 spiro atoms. The fraction of sp³-hybridized carbons (Fsp3) is 0.125. The molecule has 2 rings (SSSR count). The minimum absolute atomic E-state index is 0.0901. The molecule has 0 aliphatic heterocycles. The van der Waals surface area contributed by atoms with E-state index in [1.165, 1.54) is 6.92 Å². The molecule has 0 aromatic heterocycles. The van der Waals surface area contributed by atoms with Crippen molar-refractivity contribution in [1.29, 1.82) is 0 Å². The zero-order valence-corrected chi connectivity index (χ0v) is 14.0. The fourth-order valence-corrected chi connectivity index (χ4v) is 2.22. The molecule has 1 amide bonds. The molecule has 0 radical (unpaired) electrons. The summed E-state index contributed by atoms with van der Waals surface area (Å²) in [6.45, 7) is 1.47. The normalized spacial score (nSPS) is 9.83. The monoisotopic (exact) mass is 349 g/mol. The molecule has 0 aliphatic carbocycles. The van der Waals surface area contributed by atoms with Gasteiger partial charge in [-0.3, -0.25) is 4.79 Å². The fourth-order valence-electron chi connectivity index (χ4n) is 1.86. The summed E-state index contributed by atoms with van der Waals surface area (Å²) in [5.74, 6) is 0.550. The highest BCUT2D eigenvalue weighted by Gasteiger charge is 2.02. The first-order valence-electron chi connectivity index (χ1n) is 6.81. The Balaban J connectivity index is 1.94. The van der Waals surface area contributed by atoms with Gasteiger partial charge in [-0.25, -0.2) is 0 Å². The van der Waals surface area contributed by atoms with E-state index in [0.717, 1.165) is 17.1 Å². The molecule has 0 bridgehead atoms. The van der Waals surface area contributed by atoms with E-state index in [0.29, 0.717) is 10.9 Å². The minimum atomic E-state index is -0.109. The van der Waals surface area contributed by atoms with Crippen molar-refractivity contribution < 1.29 is 9.53 Å². The van der Waals surface area contributed by atoms with Crippen molar-refractivity contribution in [3.05, 3.63) is 48.5 Å². The van der Waals surface area contributed by atoms with E-state index < -0.39 is 0 Å². The van der Waals surface area contributed by atoms with Gasteiger partial charge in [0.2, 0.25) is 5.91 Å². The minimum Gasteiger partial charge on any atom is -0.478 e. The number of rotatable bonds is 5. The summed E-state index contributed by atoms with van der Waals surface area (Å²) in [4.78, 5) is 11.0. The highest BCUT2D eigenvalue weighted by atomic mass is 35.5. The number of carbonyl (C=O) groups excluding carboxylic acids is 1. The van der Waals surface area contributed by atoms with Crippen LogP contribution in [0, 0.1) is 0 Å². The van der Waals surface area contributed by atoms with Gasteiger partial charge in [-0.2, -0.15) is 0 Å². The smallest absolute Gasteiger partial charge is 0.221 e. The van der Waals surface area contributed by atoms with Gasteiger partial charge in [0.15, 0.2) is 11.2 Å². The highest BCUT2D eigenvalue weighted by molar-refractivity contribution is 7.80. The molecule has 0 fully saturated rings. The molecule has 23 heavy (non-hydrogen) atoms. The predicted molar refractivity (Wildman–Crippen MR) is 98.4 cm³/mol. The summed E-state index contributed by atoms with van der Waals surface area (Å²) < 4.78 is 5.22. The van der Waals surface area contributed by atoms with Gasteiger partial charge in [0.1, 0.15) is 5.75 Å². The van der Waals surface area contributed by atoms with Crippen molar-refractivity contribution in [2.75, 3.05) is 22.0 Å². The summed E-state index contributed by atoms with van der Waals surface area (Å²) in [5, 5.41) is 9.27. The Morgan fingerprint density at radius 1 is 1.04 bits per heavy atom. The maximum atomic E-state index is 11.0. The molecule has 0 saturated heterocycles. The summed E-state index contributed by atoms with van der Waals surface area (Å²) in [7, 11) is 0. The van der Waals surface area contributed by atoms with E-state index in [4.69, 9.17) is 28.6 Å². The molecule has 0 saturated carbocycles. The molecular formula is C16H16ClN3O2S. The Bertz CT molecular complexity index is 692. The van der Waals surface area contributed by atoms with Crippen LogP contribution in [0.25, 0.3) is 0 Å². The molecule has 0 heterocycles. The number of hydrogen-bond acceptors (Lipinski definition) is 3. The van der Waals surface area contributed by atoms with E-state index >= 15 is 0 Å².